The molecule has 9 nitrogen and oxygen atoms in total. The van der Waals surface area contributed by atoms with Crippen LogP contribution in [0.2, 0.25) is 0 Å². The summed E-state index contributed by atoms with van der Waals surface area (Å²) in [5.41, 5.74) is 1.19. The number of urea groups is 1. The lowest BCUT2D eigenvalue weighted by Crippen LogP contribution is -2.20. The van der Waals surface area contributed by atoms with E-state index in [2.05, 4.69) is 125 Å². The van der Waals surface area contributed by atoms with E-state index in [-0.39, 0.29) is 6.03 Å². The number of anilines is 2. The van der Waals surface area contributed by atoms with Crippen LogP contribution in [0.4, 0.5) is 16.2 Å². The lowest BCUT2D eigenvalue weighted by Gasteiger charge is -2.20. The fraction of sp³-hybridized carbons (Fsp3) is 0.793. The van der Waals surface area contributed by atoms with Crippen molar-refractivity contribution in [1.82, 2.24) is 0 Å². The number of benzene rings is 2. The van der Waals surface area contributed by atoms with Crippen molar-refractivity contribution in [3.05, 3.63) is 97.2 Å². The molecule has 2 aromatic carbocycles. The van der Waals surface area contributed by atoms with E-state index in [1.165, 1.54) is 462 Å². The third kappa shape index (κ3) is 82.4. The standard InChI is InChI=1S/C121H216N2O7/c1-7-13-19-25-31-37-43-49-55-61-67-73-79-85-91-97-103-125-115-109-113(110-116(126-104-98-92-86-80-74-68-62-56-50-44-38-32-26-20-14-8-2)119(115)129-107-101-95-89-83-77-71-65-59-53-47-41-35-29-23-17-11-5)122-121(124)123-114-111-117(127-105-99-93-87-81-75-69-63-57-51-45-39-33-27-21-15-9-3)120(130-108-102-96-90-84-78-72-66-60-54-48-42-36-30-24-18-12-6)118(112-114)128-106-100-94-88-82-76-70-64-58-52-46-40-34-28-22-16-10-4/h49-60,109-112H,7-48,61-108H2,1-6H3,(H2,122,123,124)/b55-49-,56-50-,57-51-,58-52-,59-53-,60-54-. The minimum Gasteiger partial charge on any atom is -0.489 e. The van der Waals surface area contributed by atoms with Crippen molar-refractivity contribution in [2.45, 2.75) is 581 Å². The Labute approximate surface area is 808 Å². The molecule has 0 aromatic heterocycles. The molecule has 0 aliphatic carbocycles. The smallest absolute Gasteiger partial charge is 0.323 e. The molecule has 0 saturated heterocycles. The molecule has 0 aliphatic rings. The van der Waals surface area contributed by atoms with Crippen molar-refractivity contribution in [1.29, 1.82) is 0 Å². The largest absolute Gasteiger partial charge is 0.489 e. The molecule has 752 valence electrons. The van der Waals surface area contributed by atoms with Crippen LogP contribution in [0.5, 0.6) is 34.5 Å². The molecule has 0 bridgehead atoms. The Balaban J connectivity index is 2.51. The third-order valence-electron chi connectivity index (χ3n) is 26.0. The molecule has 2 amide bonds. The van der Waals surface area contributed by atoms with Crippen molar-refractivity contribution < 1.29 is 33.2 Å². The number of carbonyl (C=O) groups is 1. The summed E-state index contributed by atoms with van der Waals surface area (Å²) in [4.78, 5) is 14.9. The molecule has 0 unspecified atom stereocenters. The summed E-state index contributed by atoms with van der Waals surface area (Å²) in [6, 6.07) is 7.50. The Morgan fingerprint density at radius 1 is 0.177 bits per heavy atom. The second-order valence-corrected chi connectivity index (χ2v) is 38.9. The Bertz CT molecular complexity index is 2540. The topological polar surface area (TPSA) is 96.5 Å². The van der Waals surface area contributed by atoms with Crippen LogP contribution in [0.25, 0.3) is 0 Å². The van der Waals surface area contributed by atoms with Gasteiger partial charge in [-0.1, -0.05) is 461 Å². The molecular weight excluding hydrogens is 1590 g/mol. The van der Waals surface area contributed by atoms with Gasteiger partial charge >= 0.3 is 6.03 Å². The average molecular weight is 1810 g/mol. The SMILES string of the molecule is CCCCCCCC/C=C\CCCCCCCCOc1cc(NC(=O)Nc2cc(OCCCCCCCC/C=C\CCCCCCCC)c(OCCCCCCCC/C=C\CCCCCCCC)c(OCCCCCCCC/C=C\CCCCCCCC)c2)cc(OCCCCCCCC/C=C\CCCCCCCC)c1OCCCCCCCC/C=C\CCCCCCCC. The van der Waals surface area contributed by atoms with Gasteiger partial charge in [0.1, 0.15) is 0 Å². The van der Waals surface area contributed by atoms with Crippen LogP contribution in [0.1, 0.15) is 581 Å². The summed E-state index contributed by atoms with van der Waals surface area (Å²) >= 11 is 0. The fourth-order valence-corrected chi connectivity index (χ4v) is 17.5. The molecule has 0 radical (unpaired) electrons. The molecule has 0 aliphatic heterocycles. The Kier molecular flexibility index (Phi) is 94.4. The lowest BCUT2D eigenvalue weighted by molar-refractivity contribution is 0.234. The summed E-state index contributed by atoms with van der Waals surface area (Å²) in [6.07, 6.45) is 135. The minimum absolute atomic E-state index is 0.368. The quantitative estimate of drug-likeness (QED) is 0.0503. The van der Waals surface area contributed by atoms with Gasteiger partial charge in [0.2, 0.25) is 11.5 Å². The zero-order valence-electron chi connectivity index (χ0n) is 87.2. The first-order valence-electron chi connectivity index (χ1n) is 57.6. The molecule has 9 heteroatoms. The molecule has 2 aromatic rings. The third-order valence-corrected chi connectivity index (χ3v) is 26.0. The van der Waals surface area contributed by atoms with Gasteiger partial charge in [0, 0.05) is 24.3 Å². The maximum Gasteiger partial charge on any atom is 0.323 e. The zero-order chi connectivity index (χ0) is 92.8. The number of hydrogen-bond acceptors (Lipinski definition) is 7. The lowest BCUT2D eigenvalue weighted by atomic mass is 10.1. The zero-order valence-corrected chi connectivity index (χ0v) is 87.2. The number of allylic oxidation sites excluding steroid dienone is 12. The second-order valence-electron chi connectivity index (χ2n) is 38.9. The molecule has 0 saturated carbocycles. The van der Waals surface area contributed by atoms with E-state index < -0.39 is 0 Å². The maximum atomic E-state index is 14.9. The summed E-state index contributed by atoms with van der Waals surface area (Å²) in [7, 11) is 0. The Morgan fingerprint density at radius 2 is 0.300 bits per heavy atom. The Morgan fingerprint density at radius 3 is 0.446 bits per heavy atom. The van der Waals surface area contributed by atoms with Crippen molar-refractivity contribution >= 4 is 17.4 Å². The molecule has 0 atom stereocenters. The van der Waals surface area contributed by atoms with Gasteiger partial charge in [-0.05, 0) is 193 Å². The van der Waals surface area contributed by atoms with Crippen LogP contribution in [0.15, 0.2) is 97.2 Å². The normalized spacial score (nSPS) is 11.9. The summed E-state index contributed by atoms with van der Waals surface area (Å²) < 4.78 is 41.2. The summed E-state index contributed by atoms with van der Waals surface area (Å²) in [6.45, 7) is 17.2. The minimum atomic E-state index is -0.368. The highest BCUT2D eigenvalue weighted by molar-refractivity contribution is 6.00. The molecule has 2 rings (SSSR count). The first-order valence-corrected chi connectivity index (χ1v) is 57.6. The average Bonchev–Trinajstić information content (AvgIpc) is 0.817. The van der Waals surface area contributed by atoms with Gasteiger partial charge in [-0.25, -0.2) is 4.79 Å². The van der Waals surface area contributed by atoms with Crippen LogP contribution in [0.3, 0.4) is 0 Å². The van der Waals surface area contributed by atoms with Crippen LogP contribution in [0, 0.1) is 0 Å². The molecule has 2 N–H and O–H groups in total. The van der Waals surface area contributed by atoms with Crippen molar-refractivity contribution in [3.8, 4) is 34.5 Å². The van der Waals surface area contributed by atoms with Crippen LogP contribution >= 0.6 is 0 Å². The van der Waals surface area contributed by atoms with Crippen molar-refractivity contribution in [2.75, 3.05) is 50.3 Å². The van der Waals surface area contributed by atoms with E-state index >= 15 is 0 Å². The number of ether oxygens (including phenoxy) is 6. The Hall–Kier alpha value is -5.05. The summed E-state index contributed by atoms with van der Waals surface area (Å²) in [5, 5.41) is 6.57. The fourth-order valence-electron chi connectivity index (χ4n) is 17.5. The molecular formula is C121H216N2O7. The van der Waals surface area contributed by atoms with Gasteiger partial charge < -0.3 is 39.1 Å². The van der Waals surface area contributed by atoms with E-state index in [1.54, 1.807) is 0 Å². The highest BCUT2D eigenvalue weighted by Crippen LogP contribution is 2.44. The number of amides is 2. The second kappa shape index (κ2) is 101. The van der Waals surface area contributed by atoms with Gasteiger partial charge in [-0.15, -0.1) is 0 Å². The molecule has 130 heavy (non-hydrogen) atoms. The van der Waals surface area contributed by atoms with E-state index in [1.807, 2.05) is 24.3 Å². The molecule has 0 spiro atoms. The highest BCUT2D eigenvalue weighted by atomic mass is 16.5. The summed E-state index contributed by atoms with van der Waals surface area (Å²) in [5.74, 6) is 3.79. The number of nitrogens with one attached hydrogen (secondary N) is 2. The highest BCUT2D eigenvalue weighted by Gasteiger charge is 2.21. The van der Waals surface area contributed by atoms with Gasteiger partial charge in [0.25, 0.3) is 0 Å². The van der Waals surface area contributed by atoms with Crippen LogP contribution in [-0.4, -0.2) is 45.7 Å². The maximum absolute atomic E-state index is 14.9. The number of hydrogen-bond donors (Lipinski definition) is 2. The number of rotatable bonds is 104. The van der Waals surface area contributed by atoms with E-state index in [4.69, 9.17) is 28.4 Å². The van der Waals surface area contributed by atoms with Crippen LogP contribution < -0.4 is 39.1 Å². The predicted octanol–water partition coefficient (Wildman–Crippen LogP) is 41.8. The first kappa shape index (κ1) is 121. The number of carbonyl (C=O) groups excluding carboxylic acids is 1. The monoisotopic (exact) mass is 1810 g/mol. The van der Waals surface area contributed by atoms with Crippen molar-refractivity contribution in [3.63, 3.8) is 0 Å². The van der Waals surface area contributed by atoms with Gasteiger partial charge in [-0.2, -0.15) is 0 Å². The van der Waals surface area contributed by atoms with Crippen molar-refractivity contribution in [2.24, 2.45) is 0 Å². The molecule has 0 heterocycles. The first-order chi connectivity index (χ1) is 64.5. The number of unbranched alkanes of at least 4 members (excludes halogenated alkanes) is 72. The van der Waals surface area contributed by atoms with E-state index in [9.17, 15) is 4.79 Å². The van der Waals surface area contributed by atoms with E-state index in [0.717, 1.165) is 77.0 Å². The predicted molar refractivity (Wildman–Crippen MR) is 575 cm³/mol. The van der Waals surface area contributed by atoms with Crippen LogP contribution in [-0.2, 0) is 0 Å². The molecule has 0 fully saturated rings. The van der Waals surface area contributed by atoms with E-state index in [0.29, 0.717) is 85.5 Å². The van der Waals surface area contributed by atoms with Gasteiger partial charge in [0.15, 0.2) is 23.0 Å². The van der Waals surface area contributed by atoms with Gasteiger partial charge in [0.05, 0.1) is 51.0 Å². The van der Waals surface area contributed by atoms with Gasteiger partial charge in [-0.3, -0.25) is 0 Å².